The molecule has 0 atom stereocenters. The van der Waals surface area contributed by atoms with Crippen molar-refractivity contribution in [2.24, 2.45) is 0 Å². The lowest BCUT2D eigenvalue weighted by Crippen LogP contribution is -2.03. The molecule has 1 aromatic heterocycles. The normalized spacial score (nSPS) is 9.88. The number of hydrogen-bond donors (Lipinski definition) is 0. The molecular formula is C13H17NO2. The number of aromatic nitrogens is 1. The molecule has 0 aromatic carbocycles. The fraction of sp³-hybridized carbons (Fsp3) is 0.462. The Bertz CT molecular complexity index is 394. The minimum atomic E-state index is 0.531. The van der Waals surface area contributed by atoms with Crippen molar-refractivity contribution in [2.75, 3.05) is 14.2 Å². The molecule has 0 aliphatic carbocycles. The van der Waals surface area contributed by atoms with E-state index in [0.717, 1.165) is 29.0 Å². The molecule has 0 fully saturated rings. The van der Waals surface area contributed by atoms with Crippen molar-refractivity contribution >= 4 is 0 Å². The fourth-order valence-corrected chi connectivity index (χ4v) is 1.70. The van der Waals surface area contributed by atoms with Crippen molar-refractivity contribution in [1.82, 2.24) is 4.98 Å². The second-order valence-corrected chi connectivity index (χ2v) is 3.52. The Balaban J connectivity index is 3.13. The zero-order chi connectivity index (χ0) is 12.0. The Morgan fingerprint density at radius 2 is 2.19 bits per heavy atom. The Morgan fingerprint density at radius 1 is 1.44 bits per heavy atom. The van der Waals surface area contributed by atoms with Gasteiger partial charge in [0.25, 0.3) is 0 Å². The molecular weight excluding hydrogens is 202 g/mol. The van der Waals surface area contributed by atoms with E-state index in [2.05, 4.69) is 10.9 Å². The summed E-state index contributed by atoms with van der Waals surface area (Å²) in [6.45, 7) is 2.46. The minimum absolute atomic E-state index is 0.531. The van der Waals surface area contributed by atoms with Crippen LogP contribution in [0, 0.1) is 19.3 Å². The molecule has 3 heteroatoms. The SMILES string of the molecule is C#CCCc1c(COC)cnc(C)c1OC. The first kappa shape index (κ1) is 12.5. The summed E-state index contributed by atoms with van der Waals surface area (Å²) in [5.74, 6) is 3.46. The van der Waals surface area contributed by atoms with Crippen molar-refractivity contribution in [2.45, 2.75) is 26.4 Å². The van der Waals surface area contributed by atoms with Crippen LogP contribution in [0.25, 0.3) is 0 Å². The summed E-state index contributed by atoms with van der Waals surface area (Å²) in [6, 6.07) is 0. The van der Waals surface area contributed by atoms with Crippen LogP contribution in [0.4, 0.5) is 0 Å². The molecule has 0 amide bonds. The summed E-state index contributed by atoms with van der Waals surface area (Å²) in [6.07, 6.45) is 8.60. The Hall–Kier alpha value is -1.53. The third kappa shape index (κ3) is 2.74. The van der Waals surface area contributed by atoms with Gasteiger partial charge in [0, 0.05) is 30.9 Å². The molecule has 0 spiro atoms. The van der Waals surface area contributed by atoms with E-state index < -0.39 is 0 Å². The molecule has 0 radical (unpaired) electrons. The van der Waals surface area contributed by atoms with Crippen molar-refractivity contribution in [3.8, 4) is 18.1 Å². The highest BCUT2D eigenvalue weighted by molar-refractivity contribution is 5.42. The number of pyridine rings is 1. The van der Waals surface area contributed by atoms with Crippen LogP contribution < -0.4 is 4.74 Å². The quantitative estimate of drug-likeness (QED) is 0.711. The minimum Gasteiger partial charge on any atom is -0.495 e. The van der Waals surface area contributed by atoms with Crippen LogP contribution >= 0.6 is 0 Å². The van der Waals surface area contributed by atoms with Gasteiger partial charge in [-0.1, -0.05) is 0 Å². The first-order valence-electron chi connectivity index (χ1n) is 5.18. The Kier molecular flexibility index (Phi) is 4.81. The third-order valence-electron chi connectivity index (χ3n) is 2.43. The number of rotatable bonds is 5. The molecule has 0 bridgehead atoms. The molecule has 1 rings (SSSR count). The number of ether oxygens (including phenoxy) is 2. The van der Waals surface area contributed by atoms with Gasteiger partial charge in [-0.2, -0.15) is 0 Å². The average molecular weight is 219 g/mol. The van der Waals surface area contributed by atoms with E-state index in [1.165, 1.54) is 0 Å². The molecule has 1 heterocycles. The maximum absolute atomic E-state index is 5.37. The van der Waals surface area contributed by atoms with Crippen molar-refractivity contribution in [1.29, 1.82) is 0 Å². The van der Waals surface area contributed by atoms with Crippen LogP contribution in [0.3, 0.4) is 0 Å². The summed E-state index contributed by atoms with van der Waals surface area (Å²) in [5.41, 5.74) is 3.03. The van der Waals surface area contributed by atoms with Crippen LogP contribution in [0.1, 0.15) is 23.2 Å². The lowest BCUT2D eigenvalue weighted by molar-refractivity contribution is 0.183. The summed E-state index contributed by atoms with van der Waals surface area (Å²) < 4.78 is 10.5. The monoisotopic (exact) mass is 219 g/mol. The van der Waals surface area contributed by atoms with Crippen LogP contribution in [-0.2, 0) is 17.8 Å². The number of terminal acetylenes is 1. The summed E-state index contributed by atoms with van der Waals surface area (Å²) in [7, 11) is 3.32. The van der Waals surface area contributed by atoms with E-state index in [1.54, 1.807) is 14.2 Å². The smallest absolute Gasteiger partial charge is 0.143 e. The van der Waals surface area contributed by atoms with E-state index >= 15 is 0 Å². The highest BCUT2D eigenvalue weighted by Gasteiger charge is 2.12. The molecule has 3 nitrogen and oxygen atoms in total. The van der Waals surface area contributed by atoms with Crippen LogP contribution in [0.5, 0.6) is 5.75 Å². The topological polar surface area (TPSA) is 31.4 Å². The summed E-state index contributed by atoms with van der Waals surface area (Å²) in [4.78, 5) is 4.28. The first-order valence-corrected chi connectivity index (χ1v) is 5.18. The number of aryl methyl sites for hydroxylation is 1. The number of hydrogen-bond acceptors (Lipinski definition) is 3. The molecule has 16 heavy (non-hydrogen) atoms. The van der Waals surface area contributed by atoms with Crippen LogP contribution in [0.15, 0.2) is 6.20 Å². The van der Waals surface area contributed by atoms with E-state index in [-0.39, 0.29) is 0 Å². The zero-order valence-electron chi connectivity index (χ0n) is 10.0. The summed E-state index contributed by atoms with van der Waals surface area (Å²) >= 11 is 0. The molecule has 86 valence electrons. The highest BCUT2D eigenvalue weighted by Crippen LogP contribution is 2.26. The number of nitrogens with zero attached hydrogens (tertiary/aromatic N) is 1. The van der Waals surface area contributed by atoms with Crippen LogP contribution in [0.2, 0.25) is 0 Å². The van der Waals surface area contributed by atoms with E-state index in [4.69, 9.17) is 15.9 Å². The van der Waals surface area contributed by atoms with Gasteiger partial charge in [0.2, 0.25) is 0 Å². The van der Waals surface area contributed by atoms with Crippen molar-refractivity contribution < 1.29 is 9.47 Å². The lowest BCUT2D eigenvalue weighted by Gasteiger charge is -2.14. The molecule has 0 saturated carbocycles. The zero-order valence-corrected chi connectivity index (χ0v) is 10.0. The van der Waals surface area contributed by atoms with E-state index in [9.17, 15) is 0 Å². The Labute approximate surface area is 96.8 Å². The largest absolute Gasteiger partial charge is 0.495 e. The van der Waals surface area contributed by atoms with Gasteiger partial charge in [-0.15, -0.1) is 12.3 Å². The third-order valence-corrected chi connectivity index (χ3v) is 2.43. The van der Waals surface area contributed by atoms with Gasteiger partial charge < -0.3 is 9.47 Å². The maximum Gasteiger partial charge on any atom is 0.143 e. The van der Waals surface area contributed by atoms with Gasteiger partial charge in [0.15, 0.2) is 0 Å². The van der Waals surface area contributed by atoms with Crippen molar-refractivity contribution in [3.05, 3.63) is 23.0 Å². The van der Waals surface area contributed by atoms with Crippen LogP contribution in [-0.4, -0.2) is 19.2 Å². The van der Waals surface area contributed by atoms with Gasteiger partial charge in [-0.25, -0.2) is 0 Å². The fourth-order valence-electron chi connectivity index (χ4n) is 1.70. The maximum atomic E-state index is 5.37. The highest BCUT2D eigenvalue weighted by atomic mass is 16.5. The van der Waals surface area contributed by atoms with Gasteiger partial charge in [0.05, 0.1) is 19.4 Å². The lowest BCUT2D eigenvalue weighted by atomic mass is 10.0. The molecule has 0 saturated heterocycles. The predicted molar refractivity (Wildman–Crippen MR) is 63.4 cm³/mol. The first-order chi connectivity index (χ1) is 7.74. The van der Waals surface area contributed by atoms with E-state index in [1.807, 2.05) is 13.1 Å². The predicted octanol–water partition coefficient (Wildman–Crippen LogP) is 2.11. The molecule has 1 aromatic rings. The van der Waals surface area contributed by atoms with Gasteiger partial charge >= 0.3 is 0 Å². The standard InChI is InChI=1S/C13H17NO2/c1-5-6-7-12-11(9-15-3)8-14-10(2)13(12)16-4/h1,8H,6-7,9H2,2-4H3. The molecule has 0 unspecified atom stereocenters. The van der Waals surface area contributed by atoms with Gasteiger partial charge in [0.1, 0.15) is 5.75 Å². The molecule has 0 aliphatic rings. The van der Waals surface area contributed by atoms with Gasteiger partial charge in [-0.05, 0) is 13.3 Å². The van der Waals surface area contributed by atoms with Crippen molar-refractivity contribution in [3.63, 3.8) is 0 Å². The van der Waals surface area contributed by atoms with Gasteiger partial charge in [-0.3, -0.25) is 4.98 Å². The second kappa shape index (κ2) is 6.14. The average Bonchev–Trinajstić information content (AvgIpc) is 2.29. The molecule has 0 aliphatic heterocycles. The Morgan fingerprint density at radius 3 is 2.75 bits per heavy atom. The molecule has 0 N–H and O–H groups in total. The second-order valence-electron chi connectivity index (χ2n) is 3.52. The number of methoxy groups -OCH3 is 2. The van der Waals surface area contributed by atoms with E-state index in [0.29, 0.717) is 13.0 Å². The summed E-state index contributed by atoms with van der Waals surface area (Å²) in [5, 5.41) is 0.